The van der Waals surface area contributed by atoms with Gasteiger partial charge in [-0.15, -0.1) is 24.8 Å². The lowest BCUT2D eigenvalue weighted by atomic mass is 10.0. The SMILES string of the molecule is Cl.Cl.O=C(CCC1CCNC1)N1CCC(N2CCOCC2)C1. The summed E-state index contributed by atoms with van der Waals surface area (Å²) in [7, 11) is 0. The fourth-order valence-corrected chi connectivity index (χ4v) is 3.66. The fraction of sp³-hybridized carbons (Fsp3) is 0.933. The van der Waals surface area contributed by atoms with Crippen molar-refractivity contribution >= 4 is 30.7 Å². The summed E-state index contributed by atoms with van der Waals surface area (Å²) in [5.41, 5.74) is 0. The monoisotopic (exact) mass is 353 g/mol. The minimum Gasteiger partial charge on any atom is -0.379 e. The molecule has 0 aromatic carbocycles. The Morgan fingerprint density at radius 1 is 1.14 bits per heavy atom. The van der Waals surface area contributed by atoms with Crippen LogP contribution in [-0.2, 0) is 9.53 Å². The van der Waals surface area contributed by atoms with E-state index < -0.39 is 0 Å². The summed E-state index contributed by atoms with van der Waals surface area (Å²) in [4.78, 5) is 16.9. The third kappa shape index (κ3) is 5.24. The molecule has 7 heteroatoms. The van der Waals surface area contributed by atoms with Gasteiger partial charge in [-0.1, -0.05) is 0 Å². The van der Waals surface area contributed by atoms with Crippen LogP contribution in [0, 0.1) is 5.92 Å². The van der Waals surface area contributed by atoms with E-state index in [1.807, 2.05) is 0 Å². The highest BCUT2D eigenvalue weighted by Crippen LogP contribution is 2.20. The molecule has 0 aromatic heterocycles. The highest BCUT2D eigenvalue weighted by atomic mass is 35.5. The van der Waals surface area contributed by atoms with Gasteiger partial charge in [-0.2, -0.15) is 0 Å². The summed E-state index contributed by atoms with van der Waals surface area (Å²) < 4.78 is 5.40. The van der Waals surface area contributed by atoms with Crippen LogP contribution in [-0.4, -0.2) is 74.2 Å². The Hall–Kier alpha value is -0.0700. The molecule has 130 valence electrons. The third-order valence-electron chi connectivity index (χ3n) is 5.01. The fourth-order valence-electron chi connectivity index (χ4n) is 3.66. The molecule has 3 rings (SSSR count). The molecule has 0 spiro atoms. The average Bonchev–Trinajstić information content (AvgIpc) is 3.17. The van der Waals surface area contributed by atoms with Gasteiger partial charge in [-0.3, -0.25) is 9.69 Å². The number of nitrogens with one attached hydrogen (secondary N) is 1. The van der Waals surface area contributed by atoms with E-state index >= 15 is 0 Å². The van der Waals surface area contributed by atoms with Gasteiger partial charge in [0.25, 0.3) is 0 Å². The predicted octanol–water partition coefficient (Wildman–Crippen LogP) is 1.15. The molecule has 3 aliphatic rings. The van der Waals surface area contributed by atoms with Gasteiger partial charge in [0.2, 0.25) is 5.91 Å². The van der Waals surface area contributed by atoms with Gasteiger partial charge in [0, 0.05) is 38.6 Å². The number of likely N-dealkylation sites (tertiary alicyclic amines) is 1. The molecule has 22 heavy (non-hydrogen) atoms. The number of nitrogens with zero attached hydrogens (tertiary/aromatic N) is 2. The van der Waals surface area contributed by atoms with Crippen LogP contribution in [0.5, 0.6) is 0 Å². The first kappa shape index (κ1) is 20.0. The molecule has 2 unspecified atom stereocenters. The van der Waals surface area contributed by atoms with Gasteiger partial charge in [0.05, 0.1) is 13.2 Å². The van der Waals surface area contributed by atoms with E-state index in [-0.39, 0.29) is 24.8 Å². The Kier molecular flexibility index (Phi) is 9.02. The quantitative estimate of drug-likeness (QED) is 0.823. The van der Waals surface area contributed by atoms with Crippen LogP contribution in [0.4, 0.5) is 0 Å². The summed E-state index contributed by atoms with van der Waals surface area (Å²) in [5.74, 6) is 1.09. The number of halogens is 2. The van der Waals surface area contributed by atoms with Crippen molar-refractivity contribution in [2.75, 3.05) is 52.5 Å². The zero-order valence-corrected chi connectivity index (χ0v) is 14.8. The molecular weight excluding hydrogens is 325 g/mol. The van der Waals surface area contributed by atoms with E-state index in [4.69, 9.17) is 4.74 Å². The summed E-state index contributed by atoms with van der Waals surface area (Å²) >= 11 is 0. The second-order valence-corrected chi connectivity index (χ2v) is 6.33. The Labute approximate surface area is 145 Å². The summed E-state index contributed by atoms with van der Waals surface area (Å²) in [6, 6.07) is 0.566. The van der Waals surface area contributed by atoms with Crippen LogP contribution in [0.1, 0.15) is 25.7 Å². The molecule has 0 aliphatic carbocycles. The second-order valence-electron chi connectivity index (χ2n) is 6.33. The number of ether oxygens (including phenoxy) is 1. The number of hydrogen-bond acceptors (Lipinski definition) is 4. The van der Waals surface area contributed by atoms with E-state index in [9.17, 15) is 4.79 Å². The first-order valence-corrected chi connectivity index (χ1v) is 8.13. The second kappa shape index (κ2) is 9.93. The summed E-state index contributed by atoms with van der Waals surface area (Å²) in [6.45, 7) is 7.86. The molecule has 3 fully saturated rings. The Balaban J connectivity index is 0.00000121. The lowest BCUT2D eigenvalue weighted by Crippen LogP contribution is -2.45. The van der Waals surface area contributed by atoms with Crippen molar-refractivity contribution in [3.8, 4) is 0 Å². The summed E-state index contributed by atoms with van der Waals surface area (Å²) in [6.07, 6.45) is 4.17. The number of hydrogen-bond donors (Lipinski definition) is 1. The first-order valence-electron chi connectivity index (χ1n) is 8.13. The van der Waals surface area contributed by atoms with E-state index in [0.29, 0.717) is 11.9 Å². The van der Waals surface area contributed by atoms with E-state index in [0.717, 1.165) is 77.7 Å². The maximum absolute atomic E-state index is 12.3. The standard InChI is InChI=1S/C15H27N3O2.2ClH/c19-15(2-1-13-3-5-16-11-13)18-6-4-14(12-18)17-7-9-20-10-8-17;;/h13-14,16H,1-12H2;2*1H. The molecule has 5 nitrogen and oxygen atoms in total. The minimum atomic E-state index is 0. The topological polar surface area (TPSA) is 44.8 Å². The van der Waals surface area contributed by atoms with Crippen LogP contribution in [0.25, 0.3) is 0 Å². The lowest BCUT2D eigenvalue weighted by molar-refractivity contribution is -0.130. The van der Waals surface area contributed by atoms with Crippen LogP contribution in [0.15, 0.2) is 0 Å². The van der Waals surface area contributed by atoms with Gasteiger partial charge >= 0.3 is 0 Å². The predicted molar refractivity (Wildman–Crippen MR) is 92.1 cm³/mol. The zero-order chi connectivity index (χ0) is 13.8. The van der Waals surface area contributed by atoms with Crippen molar-refractivity contribution in [2.24, 2.45) is 5.92 Å². The van der Waals surface area contributed by atoms with Gasteiger partial charge in [0.1, 0.15) is 0 Å². The minimum absolute atomic E-state index is 0. The van der Waals surface area contributed by atoms with Gasteiger partial charge < -0.3 is 15.0 Å². The maximum Gasteiger partial charge on any atom is 0.222 e. The number of carbonyl (C=O) groups is 1. The van der Waals surface area contributed by atoms with Crippen LogP contribution < -0.4 is 5.32 Å². The summed E-state index contributed by atoms with van der Waals surface area (Å²) in [5, 5.41) is 3.37. The lowest BCUT2D eigenvalue weighted by Gasteiger charge is -2.32. The number of amides is 1. The van der Waals surface area contributed by atoms with E-state index in [1.54, 1.807) is 0 Å². The van der Waals surface area contributed by atoms with Crippen LogP contribution >= 0.6 is 24.8 Å². The Morgan fingerprint density at radius 2 is 1.91 bits per heavy atom. The average molecular weight is 354 g/mol. The van der Waals surface area contributed by atoms with E-state index in [1.165, 1.54) is 6.42 Å². The smallest absolute Gasteiger partial charge is 0.222 e. The molecule has 1 N–H and O–H groups in total. The molecule has 3 aliphatic heterocycles. The molecule has 3 heterocycles. The molecule has 0 radical (unpaired) electrons. The molecule has 2 atom stereocenters. The normalized spacial score (nSPS) is 29.0. The van der Waals surface area contributed by atoms with Crippen molar-refractivity contribution < 1.29 is 9.53 Å². The number of carbonyl (C=O) groups excluding carboxylic acids is 1. The third-order valence-corrected chi connectivity index (χ3v) is 5.01. The molecule has 0 aromatic rings. The van der Waals surface area contributed by atoms with E-state index in [2.05, 4.69) is 15.1 Å². The van der Waals surface area contributed by atoms with Crippen LogP contribution in [0.3, 0.4) is 0 Å². The highest BCUT2D eigenvalue weighted by molar-refractivity contribution is 5.85. The molecule has 0 saturated carbocycles. The van der Waals surface area contributed by atoms with Gasteiger partial charge in [-0.05, 0) is 38.3 Å². The Bertz CT molecular complexity index is 335. The molecular formula is C15H29Cl2N3O2. The van der Waals surface area contributed by atoms with Crippen molar-refractivity contribution in [2.45, 2.75) is 31.7 Å². The Morgan fingerprint density at radius 3 is 2.59 bits per heavy atom. The molecule has 3 saturated heterocycles. The van der Waals surface area contributed by atoms with Crippen molar-refractivity contribution in [3.05, 3.63) is 0 Å². The maximum atomic E-state index is 12.3. The number of morpholine rings is 1. The first-order chi connectivity index (χ1) is 9.83. The van der Waals surface area contributed by atoms with Gasteiger partial charge in [0.15, 0.2) is 0 Å². The molecule has 1 amide bonds. The van der Waals surface area contributed by atoms with Crippen LogP contribution in [0.2, 0.25) is 0 Å². The largest absolute Gasteiger partial charge is 0.379 e. The van der Waals surface area contributed by atoms with Gasteiger partial charge in [-0.25, -0.2) is 0 Å². The number of rotatable bonds is 4. The molecule has 0 bridgehead atoms. The zero-order valence-electron chi connectivity index (χ0n) is 13.2. The highest BCUT2D eigenvalue weighted by Gasteiger charge is 2.31. The van der Waals surface area contributed by atoms with Crippen molar-refractivity contribution in [3.63, 3.8) is 0 Å². The van der Waals surface area contributed by atoms with Crippen molar-refractivity contribution in [1.29, 1.82) is 0 Å². The van der Waals surface area contributed by atoms with Crippen molar-refractivity contribution in [1.82, 2.24) is 15.1 Å².